The lowest BCUT2D eigenvalue weighted by Crippen LogP contribution is -1.80. The zero-order valence-corrected chi connectivity index (χ0v) is 8.16. The highest BCUT2D eigenvalue weighted by Gasteiger charge is 2.08. The highest BCUT2D eigenvalue weighted by atomic mass is 32.1. The summed E-state index contributed by atoms with van der Waals surface area (Å²) in [4.78, 5) is 4.11. The molecule has 1 aromatic heterocycles. The van der Waals surface area contributed by atoms with Crippen LogP contribution in [-0.4, -0.2) is 11.2 Å². The Labute approximate surface area is 86.7 Å². The Bertz CT molecular complexity index is 450. The molecule has 2 aromatic rings. The van der Waals surface area contributed by atoms with Gasteiger partial charge in [-0.05, 0) is 12.1 Å². The average molecular weight is 204 g/mol. The molecule has 2 rings (SSSR count). The Hall–Kier alpha value is -1.55. The van der Waals surface area contributed by atoms with Gasteiger partial charge in [0.15, 0.2) is 5.09 Å². The van der Waals surface area contributed by atoms with Gasteiger partial charge in [-0.2, -0.15) is 0 Å². The lowest BCUT2D eigenvalue weighted by molar-refractivity contribution is 0.485. The number of rotatable bonds is 2. The number of nitrogens with one attached hydrogen (secondary N) is 1. The average Bonchev–Trinajstić information content (AvgIpc) is 2.61. The van der Waals surface area contributed by atoms with Gasteiger partial charge in [0.25, 0.3) is 0 Å². The molecular weight excluding hydrogens is 196 g/mol. The quantitative estimate of drug-likeness (QED) is 0.583. The van der Waals surface area contributed by atoms with Gasteiger partial charge in [0, 0.05) is 11.8 Å². The van der Waals surface area contributed by atoms with Gasteiger partial charge in [0.1, 0.15) is 5.69 Å². The third-order valence-corrected chi connectivity index (χ3v) is 2.11. The van der Waals surface area contributed by atoms with Crippen molar-refractivity contribution in [3.8, 4) is 11.5 Å². The molecule has 1 heterocycles. The van der Waals surface area contributed by atoms with E-state index in [-0.39, 0.29) is 0 Å². The van der Waals surface area contributed by atoms with Gasteiger partial charge in [-0.15, -0.1) is 12.6 Å². The van der Waals surface area contributed by atoms with Gasteiger partial charge < -0.3 is 9.83 Å². The van der Waals surface area contributed by atoms with Crippen LogP contribution in [0.1, 0.15) is 5.69 Å². The fourth-order valence-electron chi connectivity index (χ4n) is 1.12. The smallest absolute Gasteiger partial charge is 0.228 e. The van der Waals surface area contributed by atoms with Gasteiger partial charge in [-0.25, -0.2) is 4.98 Å². The zero-order valence-electron chi connectivity index (χ0n) is 7.27. The van der Waals surface area contributed by atoms with Gasteiger partial charge in [0.2, 0.25) is 5.89 Å². The van der Waals surface area contributed by atoms with Gasteiger partial charge in [-0.1, -0.05) is 18.2 Å². The minimum Gasteiger partial charge on any atom is -0.429 e. The number of oxazole rings is 1. The van der Waals surface area contributed by atoms with Crippen LogP contribution in [0.5, 0.6) is 0 Å². The SMILES string of the molecule is N=Cc1nc(-c2ccccc2)oc1S. The van der Waals surface area contributed by atoms with E-state index in [4.69, 9.17) is 9.83 Å². The van der Waals surface area contributed by atoms with Crippen molar-refractivity contribution in [1.29, 1.82) is 5.41 Å². The molecule has 0 atom stereocenters. The fraction of sp³-hybridized carbons (Fsp3) is 0. The van der Waals surface area contributed by atoms with Crippen molar-refractivity contribution < 1.29 is 4.42 Å². The third kappa shape index (κ3) is 1.56. The highest BCUT2D eigenvalue weighted by molar-refractivity contribution is 7.80. The van der Waals surface area contributed by atoms with Crippen molar-refractivity contribution in [3.05, 3.63) is 36.0 Å². The predicted molar refractivity (Wildman–Crippen MR) is 57.1 cm³/mol. The van der Waals surface area contributed by atoms with E-state index in [9.17, 15) is 0 Å². The Kier molecular flexibility index (Phi) is 2.37. The van der Waals surface area contributed by atoms with Crippen LogP contribution in [0, 0.1) is 5.41 Å². The van der Waals surface area contributed by atoms with E-state index in [1.165, 1.54) is 0 Å². The second kappa shape index (κ2) is 3.67. The summed E-state index contributed by atoms with van der Waals surface area (Å²) in [6, 6.07) is 9.52. The molecule has 0 saturated carbocycles. The summed E-state index contributed by atoms with van der Waals surface area (Å²) in [6.07, 6.45) is 1.12. The Morgan fingerprint density at radius 3 is 2.57 bits per heavy atom. The van der Waals surface area contributed by atoms with Crippen molar-refractivity contribution in [3.63, 3.8) is 0 Å². The maximum atomic E-state index is 7.06. The molecule has 70 valence electrons. The van der Waals surface area contributed by atoms with E-state index in [0.29, 0.717) is 16.7 Å². The topological polar surface area (TPSA) is 49.9 Å². The number of thiol groups is 1. The molecule has 0 aliphatic carbocycles. The molecular formula is C10H8N2OS. The van der Waals surface area contributed by atoms with E-state index >= 15 is 0 Å². The van der Waals surface area contributed by atoms with Crippen molar-refractivity contribution in [2.75, 3.05) is 0 Å². The first kappa shape index (κ1) is 9.02. The van der Waals surface area contributed by atoms with Gasteiger partial charge in [0.05, 0.1) is 0 Å². The molecule has 4 heteroatoms. The third-order valence-electron chi connectivity index (χ3n) is 1.79. The minimum absolute atomic E-state index is 0.374. The van der Waals surface area contributed by atoms with E-state index in [1.54, 1.807) is 0 Å². The summed E-state index contributed by atoms with van der Waals surface area (Å²) in [5.74, 6) is 0.495. The molecule has 0 bridgehead atoms. The molecule has 0 radical (unpaired) electrons. The summed E-state index contributed by atoms with van der Waals surface area (Å²) in [5, 5.41) is 7.44. The van der Waals surface area contributed by atoms with E-state index in [1.807, 2.05) is 30.3 Å². The van der Waals surface area contributed by atoms with E-state index in [0.717, 1.165) is 11.8 Å². The normalized spacial score (nSPS) is 10.1. The van der Waals surface area contributed by atoms with Crippen LogP contribution in [0.15, 0.2) is 39.8 Å². The van der Waals surface area contributed by atoms with Crippen LogP contribution in [0.25, 0.3) is 11.5 Å². The highest BCUT2D eigenvalue weighted by Crippen LogP contribution is 2.22. The second-order valence-corrected chi connectivity index (χ2v) is 3.13. The number of nitrogens with zero attached hydrogens (tertiary/aromatic N) is 1. The molecule has 0 spiro atoms. The fourth-order valence-corrected chi connectivity index (χ4v) is 1.32. The molecule has 1 aromatic carbocycles. The minimum atomic E-state index is 0.374. The van der Waals surface area contributed by atoms with Crippen LogP contribution < -0.4 is 0 Å². The summed E-state index contributed by atoms with van der Waals surface area (Å²) >= 11 is 4.07. The first-order valence-corrected chi connectivity index (χ1v) is 4.51. The number of hydrogen-bond acceptors (Lipinski definition) is 4. The maximum absolute atomic E-state index is 7.06. The van der Waals surface area contributed by atoms with Crippen LogP contribution in [0.3, 0.4) is 0 Å². The maximum Gasteiger partial charge on any atom is 0.228 e. The molecule has 0 unspecified atom stereocenters. The van der Waals surface area contributed by atoms with Gasteiger partial charge >= 0.3 is 0 Å². The summed E-state index contributed by atoms with van der Waals surface area (Å²) < 4.78 is 5.29. The second-order valence-electron chi connectivity index (χ2n) is 2.72. The Balaban J connectivity index is 2.48. The van der Waals surface area contributed by atoms with Crippen LogP contribution in [0.4, 0.5) is 0 Å². The standard InChI is InChI=1S/C10H8N2OS/c11-6-8-10(14)13-9(12-8)7-4-2-1-3-5-7/h1-6,11,14H. The zero-order chi connectivity index (χ0) is 9.97. The first-order valence-electron chi connectivity index (χ1n) is 4.07. The Morgan fingerprint density at radius 1 is 1.29 bits per heavy atom. The lowest BCUT2D eigenvalue weighted by atomic mass is 10.2. The number of hydrogen-bond donors (Lipinski definition) is 2. The summed E-state index contributed by atoms with van der Waals surface area (Å²) in [5.41, 5.74) is 1.34. The van der Waals surface area contributed by atoms with Crippen molar-refractivity contribution in [2.45, 2.75) is 5.09 Å². The van der Waals surface area contributed by atoms with Crippen molar-refractivity contribution in [1.82, 2.24) is 4.98 Å². The van der Waals surface area contributed by atoms with E-state index < -0.39 is 0 Å². The predicted octanol–water partition coefficient (Wildman–Crippen LogP) is 2.63. The molecule has 3 nitrogen and oxygen atoms in total. The van der Waals surface area contributed by atoms with Gasteiger partial charge in [-0.3, -0.25) is 0 Å². The molecule has 1 N–H and O–H groups in total. The summed E-state index contributed by atoms with van der Waals surface area (Å²) in [6.45, 7) is 0. The Morgan fingerprint density at radius 2 is 2.00 bits per heavy atom. The summed E-state index contributed by atoms with van der Waals surface area (Å²) in [7, 11) is 0. The number of benzene rings is 1. The van der Waals surface area contributed by atoms with E-state index in [2.05, 4.69) is 17.6 Å². The first-order chi connectivity index (χ1) is 6.81. The van der Waals surface area contributed by atoms with Crippen molar-refractivity contribution >= 4 is 18.8 Å². The molecule has 0 aliphatic heterocycles. The molecule has 0 fully saturated rings. The van der Waals surface area contributed by atoms with Crippen molar-refractivity contribution in [2.24, 2.45) is 0 Å². The molecule has 0 saturated heterocycles. The van der Waals surface area contributed by atoms with Crippen LogP contribution in [-0.2, 0) is 0 Å². The molecule has 14 heavy (non-hydrogen) atoms. The molecule has 0 amide bonds. The number of aromatic nitrogens is 1. The largest absolute Gasteiger partial charge is 0.429 e. The molecule has 0 aliphatic rings. The monoisotopic (exact) mass is 204 g/mol. The van der Waals surface area contributed by atoms with Crippen LogP contribution in [0.2, 0.25) is 0 Å². The van der Waals surface area contributed by atoms with Crippen LogP contribution >= 0.6 is 12.6 Å². The lowest BCUT2D eigenvalue weighted by Gasteiger charge is -1.91.